The molecular formula is C27H19NO2S2. The zero-order chi connectivity index (χ0) is 22.1. The highest BCUT2D eigenvalue weighted by Gasteiger charge is 2.13. The highest BCUT2D eigenvalue weighted by atomic mass is 32.1. The first-order valence-corrected chi connectivity index (χ1v) is 11.9. The minimum Gasteiger partial charge on any atom is -0.344 e. The topological polar surface area (TPSA) is 39.1 Å². The van der Waals surface area contributed by atoms with E-state index >= 15 is 0 Å². The van der Waals surface area contributed by atoms with E-state index in [0.717, 1.165) is 31.6 Å². The quantitative estimate of drug-likeness (QED) is 0.201. The van der Waals surface area contributed by atoms with Crippen LogP contribution in [0.5, 0.6) is 0 Å². The zero-order valence-corrected chi connectivity index (χ0v) is 19.0. The van der Waals surface area contributed by atoms with E-state index in [4.69, 9.17) is 0 Å². The number of aromatic nitrogens is 1. The molecule has 0 radical (unpaired) electrons. The molecule has 0 unspecified atom stereocenters. The van der Waals surface area contributed by atoms with Gasteiger partial charge in [0, 0.05) is 49.7 Å². The molecule has 0 amide bonds. The Morgan fingerprint density at radius 1 is 0.719 bits per heavy atom. The van der Waals surface area contributed by atoms with Gasteiger partial charge in [-0.05, 0) is 83.6 Å². The molecular weight excluding hydrogens is 434 g/mol. The summed E-state index contributed by atoms with van der Waals surface area (Å²) in [6.07, 6.45) is 6.92. The summed E-state index contributed by atoms with van der Waals surface area (Å²) in [6, 6.07) is 19.4. The van der Waals surface area contributed by atoms with Gasteiger partial charge in [0.2, 0.25) is 0 Å². The highest BCUT2D eigenvalue weighted by molar-refractivity contribution is 7.11. The number of ketones is 2. The molecule has 0 aliphatic rings. The molecule has 5 aromatic rings. The van der Waals surface area contributed by atoms with Crippen LogP contribution >= 0.6 is 22.7 Å². The Kier molecular flexibility index (Phi) is 5.43. The largest absolute Gasteiger partial charge is 0.344 e. The molecule has 0 fully saturated rings. The van der Waals surface area contributed by atoms with E-state index in [1.165, 1.54) is 0 Å². The van der Waals surface area contributed by atoms with Crippen molar-refractivity contribution in [1.82, 2.24) is 4.57 Å². The van der Waals surface area contributed by atoms with E-state index in [-0.39, 0.29) is 11.6 Å². The van der Waals surface area contributed by atoms with Gasteiger partial charge in [-0.25, -0.2) is 0 Å². The van der Waals surface area contributed by atoms with Gasteiger partial charge in [-0.2, -0.15) is 0 Å². The van der Waals surface area contributed by atoms with E-state index in [1.54, 1.807) is 34.8 Å². The van der Waals surface area contributed by atoms with Crippen LogP contribution in [0.1, 0.15) is 30.5 Å². The minimum atomic E-state index is -0.0385. The van der Waals surface area contributed by atoms with Crippen LogP contribution in [0.25, 0.3) is 34.0 Å². The summed E-state index contributed by atoms with van der Waals surface area (Å²) in [5.41, 5.74) is 3.31. The Morgan fingerprint density at radius 3 is 1.59 bits per heavy atom. The molecule has 32 heavy (non-hydrogen) atoms. The van der Waals surface area contributed by atoms with Crippen molar-refractivity contribution >= 4 is 68.2 Å². The average molecular weight is 454 g/mol. The van der Waals surface area contributed by atoms with Crippen LogP contribution in [0.3, 0.4) is 0 Å². The van der Waals surface area contributed by atoms with Crippen LogP contribution in [0, 0.1) is 0 Å². The van der Waals surface area contributed by atoms with Crippen molar-refractivity contribution in [2.75, 3.05) is 0 Å². The molecule has 3 aromatic heterocycles. The molecule has 5 rings (SSSR count). The van der Waals surface area contributed by atoms with Crippen LogP contribution in [0.15, 0.2) is 83.6 Å². The number of carbonyl (C=O) groups is 2. The van der Waals surface area contributed by atoms with E-state index in [2.05, 4.69) is 4.57 Å². The lowest BCUT2D eigenvalue weighted by atomic mass is 10.0. The van der Waals surface area contributed by atoms with Gasteiger partial charge < -0.3 is 4.57 Å². The summed E-state index contributed by atoms with van der Waals surface area (Å²) in [7, 11) is 2.00. The molecule has 2 aromatic carbocycles. The van der Waals surface area contributed by atoms with E-state index in [0.29, 0.717) is 11.1 Å². The molecule has 0 spiro atoms. The Morgan fingerprint density at radius 2 is 1.19 bits per heavy atom. The van der Waals surface area contributed by atoms with Crippen molar-refractivity contribution in [2.45, 2.75) is 0 Å². The summed E-state index contributed by atoms with van der Waals surface area (Å²) in [6.45, 7) is 0. The molecule has 0 aliphatic carbocycles. The third kappa shape index (κ3) is 3.88. The molecule has 0 atom stereocenters. The van der Waals surface area contributed by atoms with Crippen LogP contribution in [-0.2, 0) is 7.05 Å². The maximum atomic E-state index is 12.7. The fraction of sp³-hybridized carbons (Fsp3) is 0.0370. The number of carbonyl (C=O) groups excluding carboxylic acids is 2. The second-order valence-corrected chi connectivity index (χ2v) is 9.41. The normalized spacial score (nSPS) is 11.9. The van der Waals surface area contributed by atoms with Gasteiger partial charge in [0.15, 0.2) is 11.6 Å². The van der Waals surface area contributed by atoms with Crippen molar-refractivity contribution in [3.05, 3.63) is 104 Å². The monoisotopic (exact) mass is 453 g/mol. The van der Waals surface area contributed by atoms with Gasteiger partial charge in [0.05, 0.1) is 0 Å². The number of benzene rings is 2. The van der Waals surface area contributed by atoms with Crippen molar-refractivity contribution in [3.63, 3.8) is 0 Å². The smallest absolute Gasteiger partial charge is 0.185 e. The summed E-state index contributed by atoms with van der Waals surface area (Å²) in [5.74, 6) is -0.0770. The van der Waals surface area contributed by atoms with Crippen molar-refractivity contribution in [2.24, 2.45) is 7.05 Å². The maximum absolute atomic E-state index is 12.7. The van der Waals surface area contributed by atoms with Crippen LogP contribution in [0.2, 0.25) is 0 Å². The molecule has 0 saturated heterocycles. The summed E-state index contributed by atoms with van der Waals surface area (Å²) >= 11 is 3.19. The van der Waals surface area contributed by atoms with Crippen molar-refractivity contribution in [3.8, 4) is 0 Å². The first-order valence-electron chi connectivity index (χ1n) is 10.1. The number of fused-ring (bicyclic) bond motifs is 3. The minimum absolute atomic E-state index is 0.0385. The predicted molar refractivity (Wildman–Crippen MR) is 136 cm³/mol. The van der Waals surface area contributed by atoms with Gasteiger partial charge >= 0.3 is 0 Å². The van der Waals surface area contributed by atoms with Gasteiger partial charge in [-0.1, -0.05) is 12.1 Å². The van der Waals surface area contributed by atoms with E-state index in [1.807, 2.05) is 90.6 Å². The summed E-state index contributed by atoms with van der Waals surface area (Å²) in [5, 5.41) is 5.91. The Balaban J connectivity index is 1.52. The number of rotatable bonds is 6. The van der Waals surface area contributed by atoms with Gasteiger partial charge in [0.1, 0.15) is 0 Å². The predicted octanol–water partition coefficient (Wildman–Crippen LogP) is 7.25. The lowest BCUT2D eigenvalue weighted by molar-refractivity contribution is 0.104. The van der Waals surface area contributed by atoms with Gasteiger partial charge in [0.25, 0.3) is 0 Å². The first kappa shape index (κ1) is 20.4. The summed E-state index contributed by atoms with van der Waals surface area (Å²) in [4.78, 5) is 27.6. The lowest BCUT2D eigenvalue weighted by Gasteiger charge is -1.99. The molecule has 3 nitrogen and oxygen atoms in total. The van der Waals surface area contributed by atoms with Gasteiger partial charge in [-0.3, -0.25) is 9.59 Å². The average Bonchev–Trinajstić information content (AvgIpc) is 3.58. The SMILES string of the molecule is Cn1c2ccc(C(=O)/C=C/c3cccs3)cc2c2cc(C(=O)/C=C/c3cccs3)ccc21. The fourth-order valence-electron chi connectivity index (χ4n) is 3.81. The number of hydrogen-bond donors (Lipinski definition) is 0. The second kappa shape index (κ2) is 8.54. The van der Waals surface area contributed by atoms with Crippen LogP contribution < -0.4 is 0 Å². The number of nitrogens with zero attached hydrogens (tertiary/aromatic N) is 1. The fourth-order valence-corrected chi connectivity index (χ4v) is 5.04. The molecule has 0 bridgehead atoms. The highest BCUT2D eigenvalue weighted by Crippen LogP contribution is 2.30. The molecule has 3 heterocycles. The summed E-state index contributed by atoms with van der Waals surface area (Å²) < 4.78 is 2.09. The number of aryl methyl sites for hydroxylation is 1. The van der Waals surface area contributed by atoms with E-state index < -0.39 is 0 Å². The molecule has 0 N–H and O–H groups in total. The third-order valence-electron chi connectivity index (χ3n) is 5.46. The van der Waals surface area contributed by atoms with E-state index in [9.17, 15) is 9.59 Å². The molecule has 156 valence electrons. The Hall–Kier alpha value is -3.54. The molecule has 0 aliphatic heterocycles. The lowest BCUT2D eigenvalue weighted by Crippen LogP contribution is -1.94. The Bertz CT molecular complexity index is 1390. The zero-order valence-electron chi connectivity index (χ0n) is 17.3. The third-order valence-corrected chi connectivity index (χ3v) is 7.13. The molecule has 5 heteroatoms. The number of allylic oxidation sites excluding steroid dienone is 2. The molecule has 0 saturated carbocycles. The van der Waals surface area contributed by atoms with Crippen LogP contribution in [-0.4, -0.2) is 16.1 Å². The maximum Gasteiger partial charge on any atom is 0.185 e. The van der Waals surface area contributed by atoms with Gasteiger partial charge in [-0.15, -0.1) is 22.7 Å². The number of thiophene rings is 2. The van der Waals surface area contributed by atoms with Crippen LogP contribution in [0.4, 0.5) is 0 Å². The first-order chi connectivity index (χ1) is 15.6. The van der Waals surface area contributed by atoms with Crippen molar-refractivity contribution < 1.29 is 9.59 Å². The second-order valence-electron chi connectivity index (χ2n) is 7.45. The number of hydrogen-bond acceptors (Lipinski definition) is 4. The van der Waals surface area contributed by atoms with Crippen molar-refractivity contribution in [1.29, 1.82) is 0 Å². The Labute approximate surface area is 193 Å². The standard InChI is InChI=1S/C27H19NO2S2/c1-28-24-10-6-18(26(29)12-8-20-4-2-14-31-20)16-22(24)23-17-19(7-11-25(23)28)27(30)13-9-21-5-3-15-32-21/h2-17H,1H3/b12-8+,13-9+.